The van der Waals surface area contributed by atoms with E-state index < -0.39 is 0 Å². The van der Waals surface area contributed by atoms with Crippen LogP contribution >= 0.6 is 0 Å². The fraction of sp³-hybridized carbons (Fsp3) is 1.00. The lowest BCUT2D eigenvalue weighted by Crippen LogP contribution is -2.33. The normalized spacial score (nSPS) is 12.6. The van der Waals surface area contributed by atoms with Crippen molar-refractivity contribution in [2.24, 2.45) is 5.18 Å². The summed E-state index contributed by atoms with van der Waals surface area (Å²) in [5.41, 5.74) is 0. The van der Waals surface area contributed by atoms with Crippen LogP contribution in [0.2, 0.25) is 0 Å². The minimum absolute atomic E-state index is 0.260. The van der Waals surface area contributed by atoms with Gasteiger partial charge in [0.25, 0.3) is 0 Å². The number of hydrogen-bond acceptors (Lipinski definition) is 4. The van der Waals surface area contributed by atoms with E-state index in [1.807, 2.05) is 0 Å². The quantitative estimate of drug-likeness (QED) is 0.182. The van der Waals surface area contributed by atoms with Crippen LogP contribution in [0.1, 0.15) is 111 Å². The Morgan fingerprint density at radius 3 is 1.65 bits per heavy atom. The number of nitroso groups, excluding NO2 is 1. The first-order chi connectivity index (χ1) is 12.7. The Hall–Kier alpha value is -0.480. The summed E-state index contributed by atoms with van der Waals surface area (Å²) in [6.45, 7) is 8.22. The van der Waals surface area contributed by atoms with Gasteiger partial charge in [-0.2, -0.15) is 4.91 Å². The largest absolute Gasteiger partial charge is 0.379 e. The summed E-state index contributed by atoms with van der Waals surface area (Å²) in [5, 5.41) is 6.36. The van der Waals surface area contributed by atoms with Crippen molar-refractivity contribution in [3.05, 3.63) is 4.91 Å². The van der Waals surface area contributed by atoms with Crippen LogP contribution in [0.4, 0.5) is 0 Å². The molecule has 0 aromatic heterocycles. The minimum atomic E-state index is -0.260. The standard InChI is InChI=1S/C22H46N2O2/c1-4-5-6-7-8-9-10-11-12-13-14-15-16-17-18-26-20-22(24-25)19-23-21(2)3/h21-23H,4-20H2,1-3H3. The molecule has 1 N–H and O–H groups in total. The summed E-state index contributed by atoms with van der Waals surface area (Å²) >= 11 is 0. The first-order valence-corrected chi connectivity index (χ1v) is 11.3. The van der Waals surface area contributed by atoms with Crippen molar-refractivity contribution in [2.75, 3.05) is 19.8 Å². The van der Waals surface area contributed by atoms with Gasteiger partial charge in [-0.3, -0.25) is 0 Å². The highest BCUT2D eigenvalue weighted by Gasteiger charge is 2.09. The molecular formula is C22H46N2O2. The van der Waals surface area contributed by atoms with Gasteiger partial charge >= 0.3 is 0 Å². The number of nitrogens with zero attached hydrogens (tertiary/aromatic N) is 1. The molecule has 0 aliphatic rings. The van der Waals surface area contributed by atoms with E-state index in [-0.39, 0.29) is 6.04 Å². The average Bonchev–Trinajstić information content (AvgIpc) is 2.63. The molecule has 26 heavy (non-hydrogen) atoms. The highest BCUT2D eigenvalue weighted by atomic mass is 16.5. The number of nitrogens with one attached hydrogen (secondary N) is 1. The first kappa shape index (κ1) is 25.5. The third-order valence-corrected chi connectivity index (χ3v) is 4.86. The molecule has 156 valence electrons. The maximum Gasteiger partial charge on any atom is 0.128 e. The molecule has 0 aliphatic carbocycles. The van der Waals surface area contributed by atoms with Crippen molar-refractivity contribution in [2.45, 2.75) is 123 Å². The van der Waals surface area contributed by atoms with Crippen molar-refractivity contribution in [1.29, 1.82) is 0 Å². The van der Waals surface area contributed by atoms with E-state index in [2.05, 4.69) is 31.3 Å². The van der Waals surface area contributed by atoms with Gasteiger partial charge in [-0.05, 0) is 6.42 Å². The Morgan fingerprint density at radius 2 is 1.23 bits per heavy atom. The van der Waals surface area contributed by atoms with Gasteiger partial charge in [-0.15, -0.1) is 0 Å². The van der Waals surface area contributed by atoms with Crippen molar-refractivity contribution >= 4 is 0 Å². The predicted octanol–water partition coefficient (Wildman–Crippen LogP) is 6.62. The van der Waals surface area contributed by atoms with Crippen molar-refractivity contribution in [1.82, 2.24) is 5.32 Å². The SMILES string of the molecule is CCCCCCCCCCCCCCCCOCC(CNC(C)C)N=O. The van der Waals surface area contributed by atoms with Gasteiger partial charge < -0.3 is 10.1 Å². The Labute approximate surface area is 163 Å². The Bertz CT molecular complexity index is 285. The molecular weight excluding hydrogens is 324 g/mol. The molecule has 0 aromatic carbocycles. The van der Waals surface area contributed by atoms with E-state index in [1.54, 1.807) is 0 Å². The molecule has 4 nitrogen and oxygen atoms in total. The third kappa shape index (κ3) is 19.8. The molecule has 0 saturated heterocycles. The number of hydrogen-bond donors (Lipinski definition) is 1. The summed E-state index contributed by atoms with van der Waals surface area (Å²) in [4.78, 5) is 10.7. The van der Waals surface area contributed by atoms with E-state index >= 15 is 0 Å². The molecule has 0 spiro atoms. The highest BCUT2D eigenvalue weighted by molar-refractivity contribution is 4.69. The fourth-order valence-electron chi connectivity index (χ4n) is 3.12. The van der Waals surface area contributed by atoms with Gasteiger partial charge in [0.15, 0.2) is 0 Å². The number of rotatable bonds is 21. The van der Waals surface area contributed by atoms with Crippen LogP contribution in [-0.4, -0.2) is 31.8 Å². The molecule has 0 saturated carbocycles. The van der Waals surface area contributed by atoms with E-state index in [0.717, 1.165) is 13.0 Å². The van der Waals surface area contributed by atoms with Gasteiger partial charge in [0.2, 0.25) is 0 Å². The monoisotopic (exact) mass is 370 g/mol. The second kappa shape index (κ2) is 20.8. The highest BCUT2D eigenvalue weighted by Crippen LogP contribution is 2.12. The van der Waals surface area contributed by atoms with Crippen LogP contribution in [0.5, 0.6) is 0 Å². The third-order valence-electron chi connectivity index (χ3n) is 4.86. The zero-order chi connectivity index (χ0) is 19.3. The summed E-state index contributed by atoms with van der Waals surface area (Å²) in [6.07, 6.45) is 19.1. The van der Waals surface area contributed by atoms with E-state index in [9.17, 15) is 4.91 Å². The lowest BCUT2D eigenvalue weighted by Gasteiger charge is -2.13. The minimum Gasteiger partial charge on any atom is -0.379 e. The Kier molecular flexibility index (Phi) is 20.4. The van der Waals surface area contributed by atoms with Crippen LogP contribution in [0, 0.1) is 4.91 Å². The molecule has 0 aliphatic heterocycles. The maximum atomic E-state index is 10.7. The zero-order valence-corrected chi connectivity index (χ0v) is 17.9. The van der Waals surface area contributed by atoms with Crippen molar-refractivity contribution in [3.8, 4) is 0 Å². The number of ether oxygens (including phenoxy) is 1. The summed E-state index contributed by atoms with van der Waals surface area (Å²) < 4.78 is 5.59. The summed E-state index contributed by atoms with van der Waals surface area (Å²) in [7, 11) is 0. The van der Waals surface area contributed by atoms with Crippen molar-refractivity contribution < 1.29 is 4.74 Å². The van der Waals surface area contributed by atoms with Gasteiger partial charge in [0.1, 0.15) is 6.04 Å². The van der Waals surface area contributed by atoms with Crippen LogP contribution in [0.25, 0.3) is 0 Å². The molecule has 0 rings (SSSR count). The molecule has 0 amide bonds. The summed E-state index contributed by atoms with van der Waals surface area (Å²) in [6, 6.07) is 0.120. The van der Waals surface area contributed by atoms with Gasteiger partial charge in [0, 0.05) is 19.2 Å². The predicted molar refractivity (Wildman–Crippen MR) is 114 cm³/mol. The molecule has 1 unspecified atom stereocenters. The lowest BCUT2D eigenvalue weighted by atomic mass is 10.0. The Balaban J connectivity index is 3.18. The average molecular weight is 371 g/mol. The lowest BCUT2D eigenvalue weighted by molar-refractivity contribution is 0.116. The van der Waals surface area contributed by atoms with Crippen LogP contribution in [0.15, 0.2) is 5.18 Å². The number of unbranched alkanes of at least 4 members (excludes halogenated alkanes) is 13. The van der Waals surface area contributed by atoms with Gasteiger partial charge in [-0.1, -0.05) is 109 Å². The zero-order valence-electron chi connectivity index (χ0n) is 17.9. The van der Waals surface area contributed by atoms with Crippen LogP contribution in [-0.2, 0) is 4.74 Å². The van der Waals surface area contributed by atoms with E-state index in [4.69, 9.17) is 4.74 Å². The van der Waals surface area contributed by atoms with Crippen LogP contribution in [0.3, 0.4) is 0 Å². The smallest absolute Gasteiger partial charge is 0.128 e. The molecule has 0 bridgehead atoms. The maximum absolute atomic E-state index is 10.7. The molecule has 4 heteroatoms. The van der Waals surface area contributed by atoms with E-state index in [0.29, 0.717) is 19.2 Å². The van der Waals surface area contributed by atoms with Crippen LogP contribution < -0.4 is 5.32 Å². The summed E-state index contributed by atoms with van der Waals surface area (Å²) in [5.74, 6) is 0. The Morgan fingerprint density at radius 1 is 0.769 bits per heavy atom. The molecule has 0 aromatic rings. The second-order valence-corrected chi connectivity index (χ2v) is 7.99. The second-order valence-electron chi connectivity index (χ2n) is 7.99. The van der Waals surface area contributed by atoms with Gasteiger partial charge in [-0.25, -0.2) is 0 Å². The molecule has 0 fully saturated rings. The van der Waals surface area contributed by atoms with E-state index in [1.165, 1.54) is 83.5 Å². The van der Waals surface area contributed by atoms with Crippen molar-refractivity contribution in [3.63, 3.8) is 0 Å². The molecule has 1 atom stereocenters. The van der Waals surface area contributed by atoms with Gasteiger partial charge in [0.05, 0.1) is 6.61 Å². The fourth-order valence-corrected chi connectivity index (χ4v) is 3.12. The molecule has 0 heterocycles. The molecule has 0 radical (unpaired) electrons. The first-order valence-electron chi connectivity index (χ1n) is 11.3. The topological polar surface area (TPSA) is 50.7 Å².